The van der Waals surface area contributed by atoms with Crippen molar-refractivity contribution in [2.75, 3.05) is 0 Å². The van der Waals surface area contributed by atoms with Crippen LogP contribution in [0.3, 0.4) is 0 Å². The van der Waals surface area contributed by atoms with Crippen LogP contribution in [0.4, 0.5) is 4.39 Å². The zero-order valence-corrected chi connectivity index (χ0v) is 9.68. The number of aromatic nitrogens is 2. The number of halogens is 1. The van der Waals surface area contributed by atoms with Gasteiger partial charge in [0.1, 0.15) is 5.82 Å². The highest BCUT2D eigenvalue weighted by Crippen LogP contribution is 2.16. The fraction of sp³-hybridized carbons (Fsp3) is 0.308. The Labute approximate surface area is 99.5 Å². The Morgan fingerprint density at radius 2 is 2.06 bits per heavy atom. The molecule has 0 bridgehead atoms. The van der Waals surface area contributed by atoms with Crippen molar-refractivity contribution < 1.29 is 9.50 Å². The van der Waals surface area contributed by atoms with E-state index in [1.807, 2.05) is 11.5 Å². The first-order valence-corrected chi connectivity index (χ1v) is 5.56. The molecule has 0 radical (unpaired) electrons. The summed E-state index contributed by atoms with van der Waals surface area (Å²) in [6.45, 7) is 2.03. The van der Waals surface area contributed by atoms with Crippen molar-refractivity contribution in [1.82, 2.24) is 9.55 Å². The fourth-order valence-electron chi connectivity index (χ4n) is 1.91. The number of rotatable bonds is 4. The van der Waals surface area contributed by atoms with Crippen molar-refractivity contribution in [3.05, 3.63) is 53.9 Å². The summed E-state index contributed by atoms with van der Waals surface area (Å²) in [4.78, 5) is 4.01. The minimum atomic E-state index is -0.222. The van der Waals surface area contributed by atoms with Crippen molar-refractivity contribution in [3.63, 3.8) is 0 Å². The lowest BCUT2D eigenvalue weighted by molar-refractivity contribution is 0.267. The number of nitrogens with zero attached hydrogens (tertiary/aromatic N) is 2. The average Bonchev–Trinajstić information content (AvgIpc) is 2.80. The van der Waals surface area contributed by atoms with Crippen molar-refractivity contribution in [1.29, 1.82) is 0 Å². The van der Waals surface area contributed by atoms with Gasteiger partial charge in [0, 0.05) is 6.04 Å². The Bertz CT molecular complexity index is 478. The molecule has 0 aliphatic heterocycles. The summed E-state index contributed by atoms with van der Waals surface area (Å²) in [7, 11) is 0. The van der Waals surface area contributed by atoms with Crippen LogP contribution in [0.5, 0.6) is 0 Å². The molecule has 0 spiro atoms. The van der Waals surface area contributed by atoms with Gasteiger partial charge < -0.3 is 9.67 Å². The lowest BCUT2D eigenvalue weighted by Gasteiger charge is -2.15. The number of imidazole rings is 1. The third kappa shape index (κ3) is 2.71. The molecule has 1 unspecified atom stereocenters. The summed E-state index contributed by atoms with van der Waals surface area (Å²) in [5, 5.41) is 9.15. The Balaban J connectivity index is 2.11. The first kappa shape index (κ1) is 11.8. The van der Waals surface area contributed by atoms with E-state index in [4.69, 9.17) is 5.11 Å². The maximum absolute atomic E-state index is 12.8. The molecule has 1 heterocycles. The molecule has 0 amide bonds. The first-order valence-electron chi connectivity index (χ1n) is 5.56. The van der Waals surface area contributed by atoms with Gasteiger partial charge in [-0.05, 0) is 31.0 Å². The molecule has 17 heavy (non-hydrogen) atoms. The van der Waals surface area contributed by atoms with Gasteiger partial charge in [-0.25, -0.2) is 9.37 Å². The quantitative estimate of drug-likeness (QED) is 0.881. The third-order valence-corrected chi connectivity index (χ3v) is 2.83. The lowest BCUT2D eigenvalue weighted by atomic mass is 10.1. The molecule has 0 aliphatic rings. The van der Waals surface area contributed by atoms with Crippen LogP contribution >= 0.6 is 0 Å². The maximum atomic E-state index is 12.8. The van der Waals surface area contributed by atoms with Gasteiger partial charge in [-0.2, -0.15) is 0 Å². The standard InChI is InChI=1S/C13H15FN2O/c1-10(16-9-15-7-13(16)8-17)6-11-2-4-12(14)5-3-11/h2-5,7,9-10,17H,6,8H2,1H3. The molecule has 90 valence electrons. The van der Waals surface area contributed by atoms with Crippen molar-refractivity contribution >= 4 is 0 Å². The van der Waals surface area contributed by atoms with Crippen LogP contribution in [0.15, 0.2) is 36.8 Å². The predicted molar refractivity (Wildman–Crippen MR) is 63.0 cm³/mol. The Morgan fingerprint density at radius 3 is 2.71 bits per heavy atom. The van der Waals surface area contributed by atoms with Gasteiger partial charge in [-0.15, -0.1) is 0 Å². The van der Waals surface area contributed by atoms with Crippen molar-refractivity contribution in [2.45, 2.75) is 26.0 Å². The monoisotopic (exact) mass is 234 g/mol. The third-order valence-electron chi connectivity index (χ3n) is 2.83. The van der Waals surface area contributed by atoms with E-state index in [9.17, 15) is 4.39 Å². The van der Waals surface area contributed by atoms with E-state index >= 15 is 0 Å². The SMILES string of the molecule is CC(Cc1ccc(F)cc1)n1cncc1CO. The molecule has 2 rings (SSSR count). The second-order valence-corrected chi connectivity index (χ2v) is 4.13. The summed E-state index contributed by atoms with van der Waals surface area (Å²) >= 11 is 0. The molecule has 3 nitrogen and oxygen atoms in total. The molecule has 0 saturated heterocycles. The maximum Gasteiger partial charge on any atom is 0.123 e. The summed E-state index contributed by atoms with van der Waals surface area (Å²) in [6, 6.07) is 6.67. The Morgan fingerprint density at radius 1 is 1.35 bits per heavy atom. The van der Waals surface area contributed by atoms with Crippen LogP contribution < -0.4 is 0 Å². The minimum Gasteiger partial charge on any atom is -0.390 e. The molecule has 1 aromatic carbocycles. The second kappa shape index (κ2) is 5.10. The molecule has 2 aromatic rings. The van der Waals surface area contributed by atoms with E-state index in [1.54, 1.807) is 24.7 Å². The highest BCUT2D eigenvalue weighted by atomic mass is 19.1. The number of aliphatic hydroxyl groups is 1. The van der Waals surface area contributed by atoms with E-state index in [1.165, 1.54) is 12.1 Å². The van der Waals surface area contributed by atoms with Gasteiger partial charge >= 0.3 is 0 Å². The molecule has 1 atom stereocenters. The largest absolute Gasteiger partial charge is 0.390 e. The van der Waals surface area contributed by atoms with Crippen LogP contribution in [-0.2, 0) is 13.0 Å². The predicted octanol–water partition coefficient (Wildman–Crippen LogP) is 2.32. The smallest absolute Gasteiger partial charge is 0.123 e. The van der Waals surface area contributed by atoms with Crippen LogP contribution in [0.25, 0.3) is 0 Å². The van der Waals surface area contributed by atoms with Crippen LogP contribution in [0.2, 0.25) is 0 Å². The minimum absolute atomic E-state index is 0.0201. The van der Waals surface area contributed by atoms with Gasteiger partial charge in [-0.1, -0.05) is 12.1 Å². The first-order chi connectivity index (χ1) is 8.20. The highest BCUT2D eigenvalue weighted by molar-refractivity contribution is 5.17. The fourth-order valence-corrected chi connectivity index (χ4v) is 1.91. The van der Waals surface area contributed by atoms with E-state index in [2.05, 4.69) is 4.98 Å². The molecule has 0 fully saturated rings. The van der Waals surface area contributed by atoms with Crippen LogP contribution in [0, 0.1) is 5.82 Å². The van der Waals surface area contributed by atoms with Gasteiger partial charge in [0.05, 0.1) is 24.8 Å². The summed E-state index contributed by atoms with van der Waals surface area (Å²) in [6.07, 6.45) is 4.14. The van der Waals surface area contributed by atoms with E-state index in [0.29, 0.717) is 0 Å². The van der Waals surface area contributed by atoms with Gasteiger partial charge in [-0.3, -0.25) is 0 Å². The summed E-state index contributed by atoms with van der Waals surface area (Å²) in [5.74, 6) is -0.222. The number of benzene rings is 1. The average molecular weight is 234 g/mol. The van der Waals surface area contributed by atoms with Crippen molar-refractivity contribution in [2.24, 2.45) is 0 Å². The highest BCUT2D eigenvalue weighted by Gasteiger charge is 2.09. The van der Waals surface area contributed by atoms with Crippen molar-refractivity contribution in [3.8, 4) is 0 Å². The molecule has 1 aromatic heterocycles. The summed E-state index contributed by atoms with van der Waals surface area (Å²) < 4.78 is 14.7. The normalized spacial score (nSPS) is 12.6. The molecular formula is C13H15FN2O. The number of aliphatic hydroxyl groups excluding tert-OH is 1. The van der Waals surface area contributed by atoms with E-state index in [0.717, 1.165) is 17.7 Å². The van der Waals surface area contributed by atoms with Gasteiger partial charge in [0.25, 0.3) is 0 Å². The molecule has 0 aliphatic carbocycles. The Kier molecular flexibility index (Phi) is 3.54. The van der Waals surface area contributed by atoms with Gasteiger partial charge in [0.2, 0.25) is 0 Å². The van der Waals surface area contributed by atoms with Crippen LogP contribution in [-0.4, -0.2) is 14.7 Å². The number of hydrogen-bond acceptors (Lipinski definition) is 2. The number of hydrogen-bond donors (Lipinski definition) is 1. The molecule has 0 saturated carbocycles. The summed E-state index contributed by atoms with van der Waals surface area (Å²) in [5.41, 5.74) is 1.86. The second-order valence-electron chi connectivity index (χ2n) is 4.13. The molecule has 1 N–H and O–H groups in total. The topological polar surface area (TPSA) is 38.0 Å². The lowest BCUT2D eigenvalue weighted by Crippen LogP contribution is -2.10. The molecule has 4 heteroatoms. The van der Waals surface area contributed by atoms with Gasteiger partial charge in [0.15, 0.2) is 0 Å². The zero-order chi connectivity index (χ0) is 12.3. The zero-order valence-electron chi connectivity index (χ0n) is 9.68. The van der Waals surface area contributed by atoms with E-state index < -0.39 is 0 Å². The van der Waals surface area contributed by atoms with Crippen LogP contribution in [0.1, 0.15) is 24.2 Å². The molecular weight excluding hydrogens is 219 g/mol. The Hall–Kier alpha value is -1.68. The van der Waals surface area contributed by atoms with E-state index in [-0.39, 0.29) is 18.5 Å².